The lowest BCUT2D eigenvalue weighted by atomic mass is 10.1. The van der Waals surface area contributed by atoms with E-state index in [1.165, 1.54) is 11.1 Å². The van der Waals surface area contributed by atoms with Gasteiger partial charge in [-0.1, -0.05) is 12.1 Å². The van der Waals surface area contributed by atoms with Gasteiger partial charge in [-0.15, -0.1) is 0 Å². The van der Waals surface area contributed by atoms with Crippen molar-refractivity contribution in [3.05, 3.63) is 59.4 Å². The molecule has 0 spiro atoms. The Bertz CT molecular complexity index is 755. The topological polar surface area (TPSA) is 45.7 Å². The van der Waals surface area contributed by atoms with Crippen LogP contribution in [0.4, 0.5) is 0 Å². The zero-order valence-corrected chi connectivity index (χ0v) is 16.5. The number of pyridine rings is 1. The summed E-state index contributed by atoms with van der Waals surface area (Å²) in [6, 6.07) is 12.0. The molecule has 0 aliphatic carbocycles. The zero-order chi connectivity index (χ0) is 19.2. The van der Waals surface area contributed by atoms with Gasteiger partial charge in [0.25, 0.3) is 5.91 Å². The van der Waals surface area contributed by atoms with Crippen LogP contribution in [-0.2, 0) is 11.2 Å². The van der Waals surface area contributed by atoms with Crippen molar-refractivity contribution in [3.8, 4) is 5.75 Å². The minimum absolute atomic E-state index is 0.0672. The van der Waals surface area contributed by atoms with Gasteiger partial charge in [-0.05, 0) is 56.2 Å². The van der Waals surface area contributed by atoms with Crippen LogP contribution < -0.4 is 4.74 Å². The summed E-state index contributed by atoms with van der Waals surface area (Å²) >= 11 is 0. The van der Waals surface area contributed by atoms with Gasteiger partial charge in [0, 0.05) is 51.0 Å². The molecule has 5 heteroatoms. The van der Waals surface area contributed by atoms with Gasteiger partial charge in [-0.2, -0.15) is 0 Å². The molecule has 1 atom stereocenters. The van der Waals surface area contributed by atoms with Crippen molar-refractivity contribution in [3.63, 3.8) is 0 Å². The van der Waals surface area contributed by atoms with Crippen molar-refractivity contribution in [1.82, 2.24) is 14.8 Å². The van der Waals surface area contributed by atoms with E-state index in [0.29, 0.717) is 0 Å². The number of piperazine rings is 1. The van der Waals surface area contributed by atoms with Crippen LogP contribution in [0.25, 0.3) is 0 Å². The van der Waals surface area contributed by atoms with Crippen LogP contribution in [0.2, 0.25) is 0 Å². The molecule has 3 rings (SSSR count). The van der Waals surface area contributed by atoms with Crippen molar-refractivity contribution < 1.29 is 9.53 Å². The highest BCUT2D eigenvalue weighted by molar-refractivity contribution is 5.81. The van der Waals surface area contributed by atoms with E-state index in [1.54, 1.807) is 0 Å². The van der Waals surface area contributed by atoms with Gasteiger partial charge in [0.05, 0.1) is 0 Å². The normalized spacial score (nSPS) is 16.2. The molecule has 1 aliphatic rings. The van der Waals surface area contributed by atoms with E-state index in [4.69, 9.17) is 4.74 Å². The Morgan fingerprint density at radius 2 is 1.89 bits per heavy atom. The number of carbonyl (C=O) groups is 1. The predicted octanol–water partition coefficient (Wildman–Crippen LogP) is 2.85. The third-order valence-electron chi connectivity index (χ3n) is 5.23. The Hall–Kier alpha value is -2.40. The molecular weight excluding hydrogens is 338 g/mol. The SMILES string of the molecule is Cc1ccc(O[C@H](C)C(=O)N2CCN(CCc3ccccn3)CC2)cc1C. The third kappa shape index (κ3) is 5.30. The number of carbonyl (C=O) groups excluding carboxylic acids is 1. The number of nitrogens with zero attached hydrogens (tertiary/aromatic N) is 3. The van der Waals surface area contributed by atoms with Crippen molar-refractivity contribution in [1.29, 1.82) is 0 Å². The smallest absolute Gasteiger partial charge is 0.263 e. The molecule has 1 fully saturated rings. The first kappa shape index (κ1) is 19.4. The van der Waals surface area contributed by atoms with Crippen molar-refractivity contribution in [2.75, 3.05) is 32.7 Å². The standard InChI is InChI=1S/C22H29N3O2/c1-17-7-8-21(16-18(17)2)27-19(3)22(26)25-14-12-24(13-15-25)11-9-20-6-4-5-10-23-20/h4-8,10,16,19H,9,11-15H2,1-3H3/t19-/m1/s1. The highest BCUT2D eigenvalue weighted by atomic mass is 16.5. The molecule has 0 N–H and O–H groups in total. The van der Waals surface area contributed by atoms with E-state index in [1.807, 2.05) is 48.4 Å². The van der Waals surface area contributed by atoms with E-state index in [-0.39, 0.29) is 5.91 Å². The Balaban J connectivity index is 1.45. The number of aromatic nitrogens is 1. The number of ether oxygens (including phenoxy) is 1. The molecule has 1 aliphatic heterocycles. The van der Waals surface area contributed by atoms with E-state index >= 15 is 0 Å². The molecule has 2 heterocycles. The zero-order valence-electron chi connectivity index (χ0n) is 16.5. The van der Waals surface area contributed by atoms with E-state index < -0.39 is 6.10 Å². The van der Waals surface area contributed by atoms with E-state index in [2.05, 4.69) is 29.8 Å². The second-order valence-electron chi connectivity index (χ2n) is 7.24. The highest BCUT2D eigenvalue weighted by Gasteiger charge is 2.26. The maximum absolute atomic E-state index is 12.7. The maximum atomic E-state index is 12.7. The number of hydrogen-bond acceptors (Lipinski definition) is 4. The molecule has 27 heavy (non-hydrogen) atoms. The van der Waals surface area contributed by atoms with Crippen LogP contribution in [0.3, 0.4) is 0 Å². The number of amides is 1. The van der Waals surface area contributed by atoms with Crippen LogP contribution in [0, 0.1) is 13.8 Å². The Labute approximate surface area is 162 Å². The summed E-state index contributed by atoms with van der Waals surface area (Å²) in [5.41, 5.74) is 3.52. The van der Waals surface area contributed by atoms with Crippen molar-refractivity contribution in [2.24, 2.45) is 0 Å². The third-order valence-corrected chi connectivity index (χ3v) is 5.23. The van der Waals surface area contributed by atoms with E-state index in [0.717, 1.165) is 50.6 Å². The number of benzene rings is 1. The van der Waals surface area contributed by atoms with Crippen LogP contribution in [0.5, 0.6) is 5.75 Å². The Kier molecular flexibility index (Phi) is 6.45. The molecule has 144 valence electrons. The van der Waals surface area contributed by atoms with Crippen LogP contribution in [-0.4, -0.2) is 59.5 Å². The lowest BCUT2D eigenvalue weighted by molar-refractivity contribution is -0.139. The molecule has 1 saturated heterocycles. The average Bonchev–Trinajstić information content (AvgIpc) is 2.70. The minimum atomic E-state index is -0.466. The van der Waals surface area contributed by atoms with E-state index in [9.17, 15) is 4.79 Å². The fraction of sp³-hybridized carbons (Fsp3) is 0.455. The van der Waals surface area contributed by atoms with Gasteiger partial charge < -0.3 is 9.64 Å². The quantitative estimate of drug-likeness (QED) is 0.788. The summed E-state index contributed by atoms with van der Waals surface area (Å²) in [6.07, 6.45) is 2.32. The largest absolute Gasteiger partial charge is 0.481 e. The first-order valence-electron chi connectivity index (χ1n) is 9.68. The van der Waals surface area contributed by atoms with Gasteiger partial charge >= 0.3 is 0 Å². The first-order chi connectivity index (χ1) is 13.0. The lowest BCUT2D eigenvalue weighted by Crippen LogP contribution is -2.52. The summed E-state index contributed by atoms with van der Waals surface area (Å²) < 4.78 is 5.88. The monoisotopic (exact) mass is 367 g/mol. The molecule has 0 saturated carbocycles. The Morgan fingerprint density at radius 3 is 2.56 bits per heavy atom. The van der Waals surface area contributed by atoms with Crippen molar-refractivity contribution >= 4 is 5.91 Å². The second kappa shape index (κ2) is 9.00. The molecule has 5 nitrogen and oxygen atoms in total. The number of aryl methyl sites for hydroxylation is 2. The van der Waals surface area contributed by atoms with Gasteiger partial charge in [0.15, 0.2) is 6.10 Å². The molecule has 1 aromatic carbocycles. The molecule has 0 unspecified atom stereocenters. The lowest BCUT2D eigenvalue weighted by Gasteiger charge is -2.35. The minimum Gasteiger partial charge on any atom is -0.481 e. The number of rotatable bonds is 6. The summed E-state index contributed by atoms with van der Waals surface area (Å²) in [5.74, 6) is 0.825. The maximum Gasteiger partial charge on any atom is 0.263 e. The van der Waals surface area contributed by atoms with Crippen LogP contribution in [0.15, 0.2) is 42.6 Å². The summed E-state index contributed by atoms with van der Waals surface area (Å²) in [5, 5.41) is 0. The molecular formula is C22H29N3O2. The predicted molar refractivity (Wildman–Crippen MR) is 107 cm³/mol. The van der Waals surface area contributed by atoms with Crippen molar-refractivity contribution in [2.45, 2.75) is 33.3 Å². The Morgan fingerprint density at radius 1 is 1.11 bits per heavy atom. The summed E-state index contributed by atoms with van der Waals surface area (Å²) in [4.78, 5) is 21.4. The molecule has 0 bridgehead atoms. The summed E-state index contributed by atoms with van der Waals surface area (Å²) in [6.45, 7) is 10.2. The van der Waals surface area contributed by atoms with Gasteiger partial charge in [0.2, 0.25) is 0 Å². The van der Waals surface area contributed by atoms with Crippen LogP contribution in [0.1, 0.15) is 23.7 Å². The molecule has 1 amide bonds. The van der Waals surface area contributed by atoms with Crippen LogP contribution >= 0.6 is 0 Å². The fourth-order valence-corrected chi connectivity index (χ4v) is 3.31. The van der Waals surface area contributed by atoms with Gasteiger partial charge in [-0.25, -0.2) is 0 Å². The van der Waals surface area contributed by atoms with Gasteiger partial charge in [-0.3, -0.25) is 14.7 Å². The summed E-state index contributed by atoms with van der Waals surface area (Å²) in [7, 11) is 0. The molecule has 1 aromatic heterocycles. The first-order valence-corrected chi connectivity index (χ1v) is 9.68. The fourth-order valence-electron chi connectivity index (χ4n) is 3.31. The second-order valence-corrected chi connectivity index (χ2v) is 7.24. The molecule has 0 radical (unpaired) electrons. The average molecular weight is 367 g/mol. The molecule has 2 aromatic rings. The number of hydrogen-bond donors (Lipinski definition) is 0. The van der Waals surface area contributed by atoms with Gasteiger partial charge in [0.1, 0.15) is 5.75 Å². The highest BCUT2D eigenvalue weighted by Crippen LogP contribution is 2.18.